The summed E-state index contributed by atoms with van der Waals surface area (Å²) < 4.78 is 5.41. The number of nitrogens with zero attached hydrogens (tertiary/aromatic N) is 3. The van der Waals surface area contributed by atoms with Crippen LogP contribution in [0.2, 0.25) is 0 Å². The zero-order valence-corrected chi connectivity index (χ0v) is 11.6. The first-order valence-corrected chi connectivity index (χ1v) is 6.64. The van der Waals surface area contributed by atoms with Crippen LogP contribution in [-0.4, -0.2) is 20.5 Å². The monoisotopic (exact) mass is 285 g/mol. The second-order valence-corrected chi connectivity index (χ2v) is 4.94. The molecule has 0 bridgehead atoms. The van der Waals surface area contributed by atoms with Crippen molar-refractivity contribution in [1.29, 1.82) is 0 Å². The lowest BCUT2D eigenvalue weighted by Crippen LogP contribution is -2.02. The van der Waals surface area contributed by atoms with Gasteiger partial charge in [-0.25, -0.2) is 9.97 Å². The lowest BCUT2D eigenvalue weighted by atomic mass is 10.2. The van der Waals surface area contributed by atoms with Gasteiger partial charge in [0, 0.05) is 23.3 Å². The highest BCUT2D eigenvalue weighted by Gasteiger charge is 2.06. The van der Waals surface area contributed by atoms with Crippen LogP contribution in [0.15, 0.2) is 48.9 Å². The summed E-state index contributed by atoms with van der Waals surface area (Å²) in [5.74, 6) is 1.21. The topological polar surface area (TPSA) is 47.9 Å². The van der Waals surface area contributed by atoms with Gasteiger partial charge in [-0.2, -0.15) is 0 Å². The van der Waals surface area contributed by atoms with Crippen molar-refractivity contribution in [1.82, 2.24) is 15.0 Å². The van der Waals surface area contributed by atoms with Gasteiger partial charge in [0.2, 0.25) is 0 Å². The molecule has 0 radical (unpaired) electrons. The first-order valence-electron chi connectivity index (χ1n) is 6.20. The van der Waals surface area contributed by atoms with E-state index in [0.717, 1.165) is 16.5 Å². The smallest absolute Gasteiger partial charge is 0.169 e. The molecular weight excluding hydrogens is 274 g/mol. The van der Waals surface area contributed by atoms with E-state index in [1.165, 1.54) is 0 Å². The summed E-state index contributed by atoms with van der Waals surface area (Å²) in [7, 11) is 0. The van der Waals surface area contributed by atoms with Crippen molar-refractivity contribution >= 4 is 22.5 Å². The van der Waals surface area contributed by atoms with E-state index in [2.05, 4.69) is 15.0 Å². The highest BCUT2D eigenvalue weighted by Crippen LogP contribution is 2.22. The molecule has 1 unspecified atom stereocenters. The lowest BCUT2D eigenvalue weighted by molar-refractivity contribution is 0.300. The van der Waals surface area contributed by atoms with Crippen LogP contribution in [0.5, 0.6) is 5.75 Å². The van der Waals surface area contributed by atoms with Gasteiger partial charge < -0.3 is 4.74 Å². The summed E-state index contributed by atoms with van der Waals surface area (Å²) in [6.45, 7) is 1.75. The molecule has 4 nitrogen and oxygen atoms in total. The maximum atomic E-state index is 5.81. The van der Waals surface area contributed by atoms with Gasteiger partial charge in [0.1, 0.15) is 5.75 Å². The fourth-order valence-electron chi connectivity index (χ4n) is 1.90. The summed E-state index contributed by atoms with van der Waals surface area (Å²) in [4.78, 5) is 13.0. The number of hydrogen-bond donors (Lipinski definition) is 0. The number of aromatic nitrogens is 3. The maximum absolute atomic E-state index is 5.81. The van der Waals surface area contributed by atoms with E-state index in [4.69, 9.17) is 16.3 Å². The normalized spacial score (nSPS) is 12.3. The van der Waals surface area contributed by atoms with Crippen molar-refractivity contribution in [2.45, 2.75) is 12.5 Å². The summed E-state index contributed by atoms with van der Waals surface area (Å²) in [5, 5.41) is 1.01. The number of rotatable bonds is 3. The van der Waals surface area contributed by atoms with Crippen LogP contribution < -0.4 is 4.74 Å². The highest BCUT2D eigenvalue weighted by atomic mass is 35.5. The number of halogens is 1. The van der Waals surface area contributed by atoms with E-state index in [1.807, 2.05) is 30.3 Å². The molecule has 0 fully saturated rings. The molecule has 1 atom stereocenters. The van der Waals surface area contributed by atoms with Crippen LogP contribution in [0.1, 0.15) is 6.92 Å². The molecule has 5 heteroatoms. The van der Waals surface area contributed by atoms with Crippen LogP contribution in [0.4, 0.5) is 0 Å². The Kier molecular flexibility index (Phi) is 3.48. The van der Waals surface area contributed by atoms with Gasteiger partial charge in [-0.3, -0.25) is 4.98 Å². The number of pyridine rings is 1. The van der Waals surface area contributed by atoms with Crippen LogP contribution in [0.25, 0.3) is 22.3 Å². The predicted molar refractivity (Wildman–Crippen MR) is 78.7 cm³/mol. The van der Waals surface area contributed by atoms with E-state index < -0.39 is 5.56 Å². The van der Waals surface area contributed by atoms with Gasteiger partial charge in [-0.05, 0) is 19.1 Å². The minimum Gasteiger partial charge on any atom is -0.473 e. The molecule has 0 aliphatic carbocycles. The Labute approximate surface area is 121 Å². The largest absolute Gasteiger partial charge is 0.473 e. The van der Waals surface area contributed by atoms with Gasteiger partial charge in [0.05, 0.1) is 11.7 Å². The van der Waals surface area contributed by atoms with E-state index >= 15 is 0 Å². The number of ether oxygens (including phenoxy) is 1. The van der Waals surface area contributed by atoms with Gasteiger partial charge in [-0.1, -0.05) is 29.8 Å². The SMILES string of the molecule is CC(Cl)Oc1cncc(-c2ncc3ccccc3n2)c1. The van der Waals surface area contributed by atoms with Gasteiger partial charge in [-0.15, -0.1) is 0 Å². The number of para-hydroxylation sites is 1. The van der Waals surface area contributed by atoms with Crippen molar-refractivity contribution < 1.29 is 4.74 Å². The van der Waals surface area contributed by atoms with E-state index in [9.17, 15) is 0 Å². The molecule has 3 aromatic rings. The first-order chi connectivity index (χ1) is 9.72. The quantitative estimate of drug-likeness (QED) is 0.689. The number of hydrogen-bond acceptors (Lipinski definition) is 4. The summed E-state index contributed by atoms with van der Waals surface area (Å²) in [6, 6.07) is 9.67. The Balaban J connectivity index is 2.01. The Morgan fingerprint density at radius 3 is 2.85 bits per heavy atom. The molecule has 0 N–H and O–H groups in total. The zero-order valence-electron chi connectivity index (χ0n) is 10.8. The molecule has 3 rings (SSSR count). The Morgan fingerprint density at radius 1 is 1.15 bits per heavy atom. The Bertz CT molecular complexity index is 746. The average molecular weight is 286 g/mol. The first kappa shape index (κ1) is 12.8. The number of benzene rings is 1. The predicted octanol–water partition coefficient (Wildman–Crippen LogP) is 3.66. The number of fused-ring (bicyclic) bond motifs is 1. The molecular formula is C15H12ClN3O. The van der Waals surface area contributed by atoms with E-state index in [-0.39, 0.29) is 0 Å². The average Bonchev–Trinajstić information content (AvgIpc) is 2.46. The maximum Gasteiger partial charge on any atom is 0.169 e. The molecule has 0 spiro atoms. The van der Waals surface area contributed by atoms with Crippen molar-refractivity contribution in [3.05, 3.63) is 48.9 Å². The standard InChI is InChI=1S/C15H12ClN3O/c1-10(16)20-13-6-12(7-17-9-13)15-18-8-11-4-2-3-5-14(11)19-15/h2-10H,1H3. The lowest BCUT2D eigenvalue weighted by Gasteiger charge is -2.08. The van der Waals surface area contributed by atoms with Crippen molar-refractivity contribution in [3.63, 3.8) is 0 Å². The van der Waals surface area contributed by atoms with Crippen LogP contribution >= 0.6 is 11.6 Å². The summed E-state index contributed by atoms with van der Waals surface area (Å²) in [6.07, 6.45) is 5.12. The van der Waals surface area contributed by atoms with Crippen molar-refractivity contribution in [3.8, 4) is 17.1 Å². The summed E-state index contributed by atoms with van der Waals surface area (Å²) >= 11 is 5.81. The number of alkyl halides is 1. The molecule has 0 saturated heterocycles. The van der Waals surface area contributed by atoms with E-state index in [1.54, 1.807) is 25.5 Å². The van der Waals surface area contributed by atoms with Crippen LogP contribution in [0.3, 0.4) is 0 Å². The fourth-order valence-corrected chi connectivity index (χ4v) is 2.01. The molecule has 0 amide bonds. The minimum absolute atomic E-state index is 0.412. The Morgan fingerprint density at radius 2 is 2.00 bits per heavy atom. The van der Waals surface area contributed by atoms with E-state index in [0.29, 0.717) is 11.6 Å². The molecule has 1 aromatic carbocycles. The van der Waals surface area contributed by atoms with Crippen LogP contribution in [-0.2, 0) is 0 Å². The van der Waals surface area contributed by atoms with Crippen LogP contribution in [0, 0.1) is 0 Å². The van der Waals surface area contributed by atoms with Crippen molar-refractivity contribution in [2.24, 2.45) is 0 Å². The fraction of sp³-hybridized carbons (Fsp3) is 0.133. The highest BCUT2D eigenvalue weighted by molar-refractivity contribution is 6.19. The van der Waals surface area contributed by atoms with Gasteiger partial charge in [0.25, 0.3) is 0 Å². The minimum atomic E-state index is -0.412. The molecule has 0 saturated carbocycles. The third-order valence-electron chi connectivity index (χ3n) is 2.76. The second-order valence-electron chi connectivity index (χ2n) is 4.32. The van der Waals surface area contributed by atoms with Crippen molar-refractivity contribution in [2.75, 3.05) is 0 Å². The van der Waals surface area contributed by atoms with Gasteiger partial charge >= 0.3 is 0 Å². The molecule has 100 valence electrons. The molecule has 20 heavy (non-hydrogen) atoms. The summed E-state index contributed by atoms with van der Waals surface area (Å²) in [5.41, 5.74) is 1.28. The molecule has 0 aliphatic heterocycles. The third kappa shape index (κ3) is 2.70. The Hall–Kier alpha value is -2.20. The molecule has 2 heterocycles. The third-order valence-corrected chi connectivity index (χ3v) is 2.85. The molecule has 2 aromatic heterocycles. The zero-order chi connectivity index (χ0) is 13.9. The van der Waals surface area contributed by atoms with Gasteiger partial charge in [0.15, 0.2) is 11.4 Å². The second kappa shape index (κ2) is 5.43. The molecule has 0 aliphatic rings.